The Morgan fingerprint density at radius 1 is 1.25 bits per heavy atom. The molecular weight excluding hydrogens is 246 g/mol. The zero-order valence-corrected chi connectivity index (χ0v) is 12.2. The molecular formula is C18H21NO. The molecule has 2 aromatic rings. The second kappa shape index (κ2) is 5.66. The van der Waals surface area contributed by atoms with Crippen LogP contribution < -0.4 is 4.74 Å². The maximum atomic E-state index is 5.49. The highest BCUT2D eigenvalue weighted by atomic mass is 16.5. The van der Waals surface area contributed by atoms with E-state index in [0.717, 1.165) is 18.6 Å². The summed E-state index contributed by atoms with van der Waals surface area (Å²) in [4.78, 5) is 4.58. The number of ether oxygens (including phenoxy) is 1. The van der Waals surface area contributed by atoms with Gasteiger partial charge in [0.2, 0.25) is 0 Å². The summed E-state index contributed by atoms with van der Waals surface area (Å²) >= 11 is 0. The van der Waals surface area contributed by atoms with Gasteiger partial charge in [-0.2, -0.15) is 0 Å². The van der Waals surface area contributed by atoms with Crippen LogP contribution in [0.3, 0.4) is 0 Å². The number of benzene rings is 1. The summed E-state index contributed by atoms with van der Waals surface area (Å²) in [5.41, 5.74) is 5.46. The molecule has 1 aromatic carbocycles. The molecule has 3 rings (SSSR count). The van der Waals surface area contributed by atoms with Crippen molar-refractivity contribution >= 4 is 0 Å². The molecule has 2 nitrogen and oxygen atoms in total. The van der Waals surface area contributed by atoms with Crippen molar-refractivity contribution in [2.45, 2.75) is 38.5 Å². The number of hydrogen-bond donors (Lipinski definition) is 0. The number of para-hydroxylation sites is 1. The number of nitrogens with zero attached hydrogens (tertiary/aromatic N) is 1. The van der Waals surface area contributed by atoms with Gasteiger partial charge in [0.15, 0.2) is 0 Å². The first-order valence-electron chi connectivity index (χ1n) is 7.36. The van der Waals surface area contributed by atoms with Crippen molar-refractivity contribution in [1.82, 2.24) is 4.98 Å². The maximum Gasteiger partial charge on any atom is 0.122 e. The number of aromatic nitrogens is 1. The highest BCUT2D eigenvalue weighted by Gasteiger charge is 2.23. The molecule has 1 aromatic heterocycles. The van der Waals surface area contributed by atoms with E-state index >= 15 is 0 Å². The van der Waals surface area contributed by atoms with Gasteiger partial charge in [0.25, 0.3) is 0 Å². The van der Waals surface area contributed by atoms with Crippen LogP contribution in [0.15, 0.2) is 36.5 Å². The fraction of sp³-hybridized carbons (Fsp3) is 0.389. The van der Waals surface area contributed by atoms with Gasteiger partial charge in [0.1, 0.15) is 5.75 Å². The van der Waals surface area contributed by atoms with Crippen molar-refractivity contribution in [2.24, 2.45) is 0 Å². The van der Waals surface area contributed by atoms with Gasteiger partial charge in [-0.05, 0) is 67.3 Å². The zero-order valence-electron chi connectivity index (χ0n) is 12.2. The van der Waals surface area contributed by atoms with Crippen LogP contribution in [0.1, 0.15) is 41.1 Å². The van der Waals surface area contributed by atoms with Crippen molar-refractivity contribution in [3.8, 4) is 5.75 Å². The Morgan fingerprint density at radius 2 is 2.10 bits per heavy atom. The lowest BCUT2D eigenvalue weighted by atomic mass is 9.80. The summed E-state index contributed by atoms with van der Waals surface area (Å²) in [5.74, 6) is 1.57. The lowest BCUT2D eigenvalue weighted by molar-refractivity contribution is 0.406. The molecule has 0 radical (unpaired) electrons. The third-order valence-electron chi connectivity index (χ3n) is 4.32. The molecule has 0 saturated carbocycles. The molecule has 0 saturated heterocycles. The molecule has 104 valence electrons. The van der Waals surface area contributed by atoms with Gasteiger partial charge in [0, 0.05) is 11.9 Å². The first-order valence-corrected chi connectivity index (χ1v) is 7.36. The van der Waals surface area contributed by atoms with E-state index in [2.05, 4.69) is 36.2 Å². The number of aryl methyl sites for hydroxylation is 2. The van der Waals surface area contributed by atoms with Crippen LogP contribution in [0, 0.1) is 6.92 Å². The minimum Gasteiger partial charge on any atom is -0.496 e. The lowest BCUT2D eigenvalue weighted by Gasteiger charge is -2.27. The smallest absolute Gasteiger partial charge is 0.122 e. The summed E-state index contributed by atoms with van der Waals surface area (Å²) < 4.78 is 5.49. The fourth-order valence-electron chi connectivity index (χ4n) is 3.38. The second-order valence-electron chi connectivity index (χ2n) is 5.59. The molecule has 0 spiro atoms. The third-order valence-corrected chi connectivity index (χ3v) is 4.32. The van der Waals surface area contributed by atoms with Gasteiger partial charge in [-0.1, -0.05) is 18.2 Å². The average molecular weight is 267 g/mol. The van der Waals surface area contributed by atoms with Crippen molar-refractivity contribution in [2.75, 3.05) is 7.11 Å². The van der Waals surface area contributed by atoms with E-state index in [1.165, 1.54) is 35.2 Å². The van der Waals surface area contributed by atoms with E-state index in [-0.39, 0.29) is 0 Å². The van der Waals surface area contributed by atoms with Gasteiger partial charge in [-0.3, -0.25) is 4.98 Å². The monoisotopic (exact) mass is 267 g/mol. The highest BCUT2D eigenvalue weighted by molar-refractivity contribution is 5.39. The Balaban J connectivity index is 1.94. The number of fused-ring (bicyclic) bond motifs is 1. The van der Waals surface area contributed by atoms with E-state index in [0.29, 0.717) is 5.92 Å². The van der Waals surface area contributed by atoms with Crippen LogP contribution in [0.4, 0.5) is 0 Å². The zero-order chi connectivity index (χ0) is 13.9. The quantitative estimate of drug-likeness (QED) is 0.836. The predicted octanol–water partition coefficient (Wildman–Crippen LogP) is 4.06. The van der Waals surface area contributed by atoms with E-state index < -0.39 is 0 Å². The Hall–Kier alpha value is -1.83. The van der Waals surface area contributed by atoms with Crippen molar-refractivity contribution in [1.29, 1.82) is 0 Å². The molecule has 1 atom stereocenters. The van der Waals surface area contributed by atoms with Gasteiger partial charge in [-0.15, -0.1) is 0 Å². The second-order valence-corrected chi connectivity index (χ2v) is 5.59. The van der Waals surface area contributed by atoms with Crippen LogP contribution in [0.25, 0.3) is 0 Å². The molecule has 0 aliphatic heterocycles. The van der Waals surface area contributed by atoms with Gasteiger partial charge in [-0.25, -0.2) is 0 Å². The fourth-order valence-corrected chi connectivity index (χ4v) is 3.38. The Morgan fingerprint density at radius 3 is 2.95 bits per heavy atom. The molecule has 1 heterocycles. The number of hydrogen-bond acceptors (Lipinski definition) is 2. The third kappa shape index (κ3) is 2.43. The largest absolute Gasteiger partial charge is 0.496 e. The summed E-state index contributed by atoms with van der Waals surface area (Å²) in [6.07, 6.45) is 6.60. The average Bonchev–Trinajstić information content (AvgIpc) is 2.48. The first-order chi connectivity index (χ1) is 9.79. The SMILES string of the molecule is COc1ccccc1CC1CCCc2nccc(C)c21. The van der Waals surface area contributed by atoms with Gasteiger partial charge < -0.3 is 4.74 Å². The minimum atomic E-state index is 0.573. The molecule has 1 aliphatic carbocycles. The van der Waals surface area contributed by atoms with Crippen LogP contribution >= 0.6 is 0 Å². The number of pyridine rings is 1. The van der Waals surface area contributed by atoms with E-state index in [4.69, 9.17) is 4.74 Å². The highest BCUT2D eigenvalue weighted by Crippen LogP contribution is 2.36. The van der Waals surface area contributed by atoms with E-state index in [1.54, 1.807) is 7.11 Å². The topological polar surface area (TPSA) is 22.1 Å². The molecule has 1 aliphatic rings. The van der Waals surface area contributed by atoms with Gasteiger partial charge in [0.05, 0.1) is 7.11 Å². The summed E-state index contributed by atoms with van der Waals surface area (Å²) in [6, 6.07) is 10.5. The summed E-state index contributed by atoms with van der Waals surface area (Å²) in [7, 11) is 1.75. The molecule has 0 N–H and O–H groups in total. The molecule has 2 heteroatoms. The van der Waals surface area contributed by atoms with Crippen LogP contribution in [0.2, 0.25) is 0 Å². The Labute approximate surface area is 120 Å². The molecule has 0 bridgehead atoms. The number of methoxy groups -OCH3 is 1. The van der Waals surface area contributed by atoms with Crippen molar-refractivity contribution in [3.63, 3.8) is 0 Å². The molecule has 1 unspecified atom stereocenters. The van der Waals surface area contributed by atoms with Crippen LogP contribution in [0.5, 0.6) is 5.75 Å². The van der Waals surface area contributed by atoms with E-state index in [9.17, 15) is 0 Å². The van der Waals surface area contributed by atoms with Crippen LogP contribution in [-0.4, -0.2) is 12.1 Å². The van der Waals surface area contributed by atoms with Gasteiger partial charge >= 0.3 is 0 Å². The molecule has 0 amide bonds. The lowest BCUT2D eigenvalue weighted by Crippen LogP contribution is -2.15. The Kier molecular flexibility index (Phi) is 3.72. The summed E-state index contributed by atoms with van der Waals surface area (Å²) in [6.45, 7) is 2.21. The minimum absolute atomic E-state index is 0.573. The number of rotatable bonds is 3. The molecule has 0 fully saturated rings. The van der Waals surface area contributed by atoms with Crippen molar-refractivity contribution < 1.29 is 4.74 Å². The molecule has 20 heavy (non-hydrogen) atoms. The van der Waals surface area contributed by atoms with E-state index in [1.807, 2.05) is 12.3 Å². The normalized spacial score (nSPS) is 17.6. The van der Waals surface area contributed by atoms with Crippen molar-refractivity contribution in [3.05, 3.63) is 58.9 Å². The Bertz CT molecular complexity index is 606. The maximum absolute atomic E-state index is 5.49. The standard InChI is InChI=1S/C18H21NO/c1-13-10-11-19-16-8-5-7-15(18(13)16)12-14-6-3-4-9-17(14)20-2/h3-4,6,9-11,15H,5,7-8,12H2,1-2H3. The van der Waals surface area contributed by atoms with Crippen LogP contribution in [-0.2, 0) is 12.8 Å². The summed E-state index contributed by atoms with van der Waals surface area (Å²) in [5, 5.41) is 0. The predicted molar refractivity (Wildman–Crippen MR) is 81.4 cm³/mol. The first kappa shape index (κ1) is 13.2.